The van der Waals surface area contributed by atoms with Crippen LogP contribution >= 0.6 is 46.3 Å². The summed E-state index contributed by atoms with van der Waals surface area (Å²) in [5.41, 5.74) is 3.71. The van der Waals surface area contributed by atoms with Crippen LogP contribution in [0.1, 0.15) is 24.1 Å². The molecule has 0 aliphatic carbocycles. The molecule has 3 aromatic carbocycles. The minimum atomic E-state index is -0.626. The average molecular weight is 653 g/mol. The molecule has 218 valence electrons. The van der Waals surface area contributed by atoms with E-state index in [0.717, 1.165) is 26.0 Å². The number of aromatic nitrogens is 6. The van der Waals surface area contributed by atoms with Crippen LogP contribution in [0.15, 0.2) is 88.4 Å². The number of esters is 1. The highest BCUT2D eigenvalue weighted by atomic mass is 35.5. The molecule has 0 bridgehead atoms. The van der Waals surface area contributed by atoms with E-state index in [-0.39, 0.29) is 6.61 Å². The molecular weight excluding hydrogens is 629 g/mol. The molecule has 43 heavy (non-hydrogen) atoms. The van der Waals surface area contributed by atoms with Crippen molar-refractivity contribution in [2.75, 3.05) is 17.7 Å². The molecule has 10 nitrogen and oxygen atoms in total. The van der Waals surface area contributed by atoms with Crippen molar-refractivity contribution < 1.29 is 14.3 Å². The fourth-order valence-electron chi connectivity index (χ4n) is 4.45. The highest BCUT2D eigenvalue weighted by molar-refractivity contribution is 8.01. The molecule has 1 aliphatic heterocycles. The minimum absolute atomic E-state index is 0.219. The average Bonchev–Trinajstić information content (AvgIpc) is 3.71. The fraction of sp³-hybridized carbons (Fsp3) is 0.172. The van der Waals surface area contributed by atoms with Gasteiger partial charge in [-0.05, 0) is 52.7 Å². The Balaban J connectivity index is 1.26. The third-order valence-electron chi connectivity index (χ3n) is 6.45. The molecule has 3 heterocycles. The van der Waals surface area contributed by atoms with Crippen LogP contribution in [0.3, 0.4) is 0 Å². The Kier molecular flexibility index (Phi) is 8.89. The third kappa shape index (κ3) is 6.52. The summed E-state index contributed by atoms with van der Waals surface area (Å²) in [7, 11) is 0. The number of rotatable bonds is 10. The summed E-state index contributed by atoms with van der Waals surface area (Å²) in [6.45, 7) is 2.30. The Labute approximate surface area is 265 Å². The van der Waals surface area contributed by atoms with Gasteiger partial charge in [-0.25, -0.2) is 4.79 Å². The van der Waals surface area contributed by atoms with Crippen LogP contribution in [0.4, 0.5) is 5.95 Å². The number of hydrogen-bond acceptors (Lipinski definition) is 11. The van der Waals surface area contributed by atoms with Gasteiger partial charge in [-0.1, -0.05) is 99.9 Å². The Morgan fingerprint density at radius 3 is 2.60 bits per heavy atom. The standard InChI is InChI=1S/C29H23Cl2N7O3S2/c1-2-40-27(39)24-23(16-42-29-35-33-26(43-29)19-6-4-3-5-7-19)32-28-34-36-37-38(28)25(24)18-9-11-20(12-10-18)41-15-17-8-13-21(30)22(31)14-17/h3-14,25H,2,15-16H2,1H3,(H,32,34,37). The summed E-state index contributed by atoms with van der Waals surface area (Å²) in [6, 6.07) is 22.0. The molecule has 1 N–H and O–H groups in total. The number of hydrogen-bond donors (Lipinski definition) is 1. The number of carbonyl (C=O) groups is 1. The number of nitrogens with one attached hydrogen (secondary N) is 1. The van der Waals surface area contributed by atoms with Gasteiger partial charge in [0.15, 0.2) is 4.34 Å². The van der Waals surface area contributed by atoms with Gasteiger partial charge in [0, 0.05) is 17.0 Å². The number of thioether (sulfide) groups is 1. The molecule has 0 saturated heterocycles. The summed E-state index contributed by atoms with van der Waals surface area (Å²) < 4.78 is 13.8. The quantitative estimate of drug-likeness (QED) is 0.129. The largest absolute Gasteiger partial charge is 0.489 e. The van der Waals surface area contributed by atoms with Gasteiger partial charge in [-0.3, -0.25) is 0 Å². The first-order chi connectivity index (χ1) is 21.0. The third-order valence-corrected chi connectivity index (χ3v) is 9.32. The Bertz CT molecular complexity index is 1780. The summed E-state index contributed by atoms with van der Waals surface area (Å²) in [5, 5.41) is 25.9. The van der Waals surface area contributed by atoms with Crippen molar-refractivity contribution in [2.24, 2.45) is 0 Å². The van der Waals surface area contributed by atoms with E-state index in [0.29, 0.717) is 45.4 Å². The molecule has 1 atom stereocenters. The van der Waals surface area contributed by atoms with Crippen LogP contribution in [-0.4, -0.2) is 48.7 Å². The van der Waals surface area contributed by atoms with Crippen molar-refractivity contribution in [1.82, 2.24) is 30.4 Å². The van der Waals surface area contributed by atoms with Gasteiger partial charge in [-0.15, -0.1) is 10.2 Å². The Hall–Kier alpha value is -3.97. The van der Waals surface area contributed by atoms with Crippen LogP contribution in [0.2, 0.25) is 10.0 Å². The van der Waals surface area contributed by atoms with Crippen molar-refractivity contribution in [2.45, 2.75) is 23.9 Å². The van der Waals surface area contributed by atoms with E-state index in [2.05, 4.69) is 31.0 Å². The summed E-state index contributed by atoms with van der Waals surface area (Å²) in [5.74, 6) is 0.990. The molecule has 0 amide bonds. The second-order valence-electron chi connectivity index (χ2n) is 9.22. The maximum atomic E-state index is 13.4. The lowest BCUT2D eigenvalue weighted by Gasteiger charge is -2.28. The highest BCUT2D eigenvalue weighted by Crippen LogP contribution is 2.38. The van der Waals surface area contributed by atoms with Crippen molar-refractivity contribution in [3.8, 4) is 16.3 Å². The molecule has 2 aromatic heterocycles. The minimum Gasteiger partial charge on any atom is -0.489 e. The van der Waals surface area contributed by atoms with E-state index < -0.39 is 12.0 Å². The van der Waals surface area contributed by atoms with Crippen molar-refractivity contribution >= 4 is 58.2 Å². The lowest BCUT2D eigenvalue weighted by atomic mass is 9.95. The Morgan fingerprint density at radius 2 is 1.84 bits per heavy atom. The SMILES string of the molecule is CCOC(=O)C1=C(CSc2nnc(-c3ccccc3)s2)Nc2nnnn2C1c1ccc(OCc2ccc(Cl)c(Cl)c2)cc1. The van der Waals surface area contributed by atoms with Gasteiger partial charge in [0.25, 0.3) is 0 Å². The normalized spacial score (nSPS) is 14.3. The smallest absolute Gasteiger partial charge is 0.338 e. The topological polar surface area (TPSA) is 117 Å². The number of ether oxygens (including phenoxy) is 2. The number of halogens is 2. The number of benzene rings is 3. The molecule has 0 fully saturated rings. The van der Waals surface area contributed by atoms with Gasteiger partial charge in [0.2, 0.25) is 5.95 Å². The van der Waals surface area contributed by atoms with Gasteiger partial charge >= 0.3 is 5.97 Å². The molecule has 0 spiro atoms. The fourth-order valence-corrected chi connectivity index (χ4v) is 6.59. The van der Waals surface area contributed by atoms with Crippen molar-refractivity contribution in [1.29, 1.82) is 0 Å². The van der Waals surface area contributed by atoms with Crippen molar-refractivity contribution in [3.05, 3.63) is 105 Å². The molecule has 0 saturated carbocycles. The molecule has 1 aliphatic rings. The zero-order valence-corrected chi connectivity index (χ0v) is 25.8. The first kappa shape index (κ1) is 29.1. The Morgan fingerprint density at radius 1 is 1.02 bits per heavy atom. The maximum absolute atomic E-state index is 13.4. The number of fused-ring (bicyclic) bond motifs is 1. The molecule has 14 heteroatoms. The van der Waals surface area contributed by atoms with E-state index >= 15 is 0 Å². The van der Waals surface area contributed by atoms with Crippen LogP contribution in [-0.2, 0) is 16.1 Å². The predicted octanol–water partition coefficient (Wildman–Crippen LogP) is 6.70. The van der Waals surface area contributed by atoms with E-state index in [1.165, 1.54) is 23.1 Å². The summed E-state index contributed by atoms with van der Waals surface area (Å²) >= 11 is 15.1. The molecule has 0 radical (unpaired) electrons. The van der Waals surface area contributed by atoms with Crippen LogP contribution in [0, 0.1) is 0 Å². The lowest BCUT2D eigenvalue weighted by Crippen LogP contribution is -2.31. The molecular formula is C29H23Cl2N7O3S2. The van der Waals surface area contributed by atoms with Crippen LogP contribution < -0.4 is 10.1 Å². The van der Waals surface area contributed by atoms with E-state index in [4.69, 9.17) is 32.7 Å². The van der Waals surface area contributed by atoms with Gasteiger partial charge < -0.3 is 14.8 Å². The van der Waals surface area contributed by atoms with Gasteiger partial charge in [0.05, 0.1) is 22.2 Å². The molecule has 5 aromatic rings. The van der Waals surface area contributed by atoms with Gasteiger partial charge in [-0.2, -0.15) is 4.68 Å². The second kappa shape index (κ2) is 13.1. The van der Waals surface area contributed by atoms with Gasteiger partial charge in [0.1, 0.15) is 23.4 Å². The number of carbonyl (C=O) groups excluding carboxylic acids is 1. The number of tetrazole rings is 1. The predicted molar refractivity (Wildman–Crippen MR) is 167 cm³/mol. The van der Waals surface area contributed by atoms with E-state index in [1.54, 1.807) is 23.7 Å². The van der Waals surface area contributed by atoms with Crippen LogP contribution in [0.5, 0.6) is 5.75 Å². The number of anilines is 1. The van der Waals surface area contributed by atoms with E-state index in [1.807, 2.05) is 60.7 Å². The second-order valence-corrected chi connectivity index (χ2v) is 12.2. The molecule has 6 rings (SSSR count). The summed E-state index contributed by atoms with van der Waals surface area (Å²) in [4.78, 5) is 13.4. The highest BCUT2D eigenvalue weighted by Gasteiger charge is 2.36. The maximum Gasteiger partial charge on any atom is 0.338 e. The first-order valence-corrected chi connectivity index (χ1v) is 15.7. The van der Waals surface area contributed by atoms with E-state index in [9.17, 15) is 4.79 Å². The molecule has 1 unspecified atom stereocenters. The number of nitrogens with zero attached hydrogens (tertiary/aromatic N) is 6. The zero-order valence-electron chi connectivity index (χ0n) is 22.6. The van der Waals surface area contributed by atoms with Crippen LogP contribution in [0.25, 0.3) is 10.6 Å². The zero-order chi connectivity index (χ0) is 29.8. The van der Waals surface area contributed by atoms with Crippen molar-refractivity contribution in [3.63, 3.8) is 0 Å². The lowest BCUT2D eigenvalue weighted by molar-refractivity contribution is -0.139. The summed E-state index contributed by atoms with van der Waals surface area (Å²) in [6.07, 6.45) is 0. The monoisotopic (exact) mass is 651 g/mol. The first-order valence-electron chi connectivity index (χ1n) is 13.1.